The molecule has 1 rings (SSSR count). The van der Waals surface area contributed by atoms with Crippen LogP contribution in [0.2, 0.25) is 0 Å². The van der Waals surface area contributed by atoms with Gasteiger partial charge in [-0.1, -0.05) is 41.9 Å². The fourth-order valence-electron chi connectivity index (χ4n) is 1.67. The van der Waals surface area contributed by atoms with Crippen LogP contribution in [0.15, 0.2) is 0 Å². The number of carbonyl (C=O) groups is 1. The third kappa shape index (κ3) is 4.29. The summed E-state index contributed by atoms with van der Waals surface area (Å²) in [4.78, 5) is 11.2. The number of hydrogen-bond donors (Lipinski definition) is 0. The van der Waals surface area contributed by atoms with Crippen LogP contribution < -0.4 is 0 Å². The fraction of sp³-hybridized carbons (Fsp3) is 0.900. The average molecular weight is 296 g/mol. The monoisotopic (exact) mass is 296 g/mol. The number of halogens is 1. The third-order valence-corrected chi connectivity index (χ3v) is 3.02. The summed E-state index contributed by atoms with van der Waals surface area (Å²) in [5.41, 5.74) is 0. The lowest BCUT2D eigenvalue weighted by atomic mass is 9.90. The number of carbonyl (C=O) groups excluding carboxylic acids is 1. The van der Waals surface area contributed by atoms with E-state index in [4.69, 9.17) is 4.74 Å². The standard InChI is InChI=1S/C10H17IO2/c1-8(11)10(12)13-7-9-5-3-2-4-6-9/h8-9H,2-7H2,1H3/t8-/m0/s1. The molecule has 1 saturated carbocycles. The first-order valence-corrected chi connectivity index (χ1v) is 6.25. The molecule has 0 aliphatic heterocycles. The summed E-state index contributed by atoms with van der Waals surface area (Å²) in [5, 5.41) is 0. The predicted molar refractivity (Wildman–Crippen MR) is 61.0 cm³/mol. The van der Waals surface area contributed by atoms with Gasteiger partial charge in [0.1, 0.15) is 3.92 Å². The zero-order valence-electron chi connectivity index (χ0n) is 8.09. The lowest BCUT2D eigenvalue weighted by Crippen LogP contribution is -2.20. The minimum absolute atomic E-state index is 0.0128. The van der Waals surface area contributed by atoms with Gasteiger partial charge in [-0.2, -0.15) is 0 Å². The van der Waals surface area contributed by atoms with Crippen LogP contribution in [0.1, 0.15) is 39.0 Å². The Morgan fingerprint density at radius 1 is 1.46 bits per heavy atom. The van der Waals surface area contributed by atoms with E-state index in [0.717, 1.165) is 0 Å². The SMILES string of the molecule is C[C@H](I)C(=O)OCC1CCCCC1. The average Bonchev–Trinajstić information content (AvgIpc) is 2.15. The van der Waals surface area contributed by atoms with E-state index in [0.29, 0.717) is 12.5 Å². The smallest absolute Gasteiger partial charge is 0.318 e. The van der Waals surface area contributed by atoms with Gasteiger partial charge >= 0.3 is 5.97 Å². The molecule has 0 aromatic rings. The molecule has 0 saturated heterocycles. The highest BCUT2D eigenvalue weighted by Gasteiger charge is 2.16. The summed E-state index contributed by atoms with van der Waals surface area (Å²) in [6, 6.07) is 0. The Morgan fingerprint density at radius 3 is 2.62 bits per heavy atom. The number of hydrogen-bond acceptors (Lipinski definition) is 2. The molecule has 0 amide bonds. The second-order valence-electron chi connectivity index (χ2n) is 3.75. The number of rotatable bonds is 3. The fourth-order valence-corrected chi connectivity index (χ4v) is 1.85. The maximum Gasteiger partial charge on any atom is 0.318 e. The van der Waals surface area contributed by atoms with Crippen LogP contribution in [-0.2, 0) is 9.53 Å². The van der Waals surface area contributed by atoms with Crippen LogP contribution in [0.3, 0.4) is 0 Å². The molecule has 1 aliphatic rings. The molecule has 0 heterocycles. The van der Waals surface area contributed by atoms with Gasteiger partial charge in [0.15, 0.2) is 0 Å². The van der Waals surface area contributed by atoms with Crippen LogP contribution in [0.25, 0.3) is 0 Å². The highest BCUT2D eigenvalue weighted by molar-refractivity contribution is 14.1. The molecular formula is C10H17IO2. The summed E-state index contributed by atoms with van der Waals surface area (Å²) >= 11 is 2.09. The largest absolute Gasteiger partial charge is 0.465 e. The first-order valence-electron chi connectivity index (χ1n) is 5.01. The Bertz CT molecular complexity index is 162. The molecule has 0 N–H and O–H groups in total. The molecular weight excluding hydrogens is 279 g/mol. The van der Waals surface area contributed by atoms with Gasteiger partial charge in [-0.25, -0.2) is 0 Å². The lowest BCUT2D eigenvalue weighted by molar-refractivity contribution is -0.143. The van der Waals surface area contributed by atoms with Crippen molar-refractivity contribution in [3.05, 3.63) is 0 Å². The van der Waals surface area contributed by atoms with Gasteiger partial charge in [-0.05, 0) is 25.7 Å². The van der Waals surface area contributed by atoms with E-state index in [1.165, 1.54) is 32.1 Å². The number of ether oxygens (including phenoxy) is 1. The Morgan fingerprint density at radius 2 is 2.08 bits per heavy atom. The van der Waals surface area contributed by atoms with Crippen molar-refractivity contribution in [1.29, 1.82) is 0 Å². The molecule has 0 bridgehead atoms. The first-order chi connectivity index (χ1) is 6.20. The maximum absolute atomic E-state index is 11.2. The molecule has 3 heteroatoms. The molecule has 1 aliphatic carbocycles. The highest BCUT2D eigenvalue weighted by atomic mass is 127. The Labute approximate surface area is 93.6 Å². The van der Waals surface area contributed by atoms with E-state index >= 15 is 0 Å². The second-order valence-corrected chi connectivity index (χ2v) is 5.62. The van der Waals surface area contributed by atoms with Gasteiger partial charge in [0.05, 0.1) is 6.61 Å². The quantitative estimate of drug-likeness (QED) is 0.455. The Kier molecular flexibility index (Phi) is 5.06. The zero-order chi connectivity index (χ0) is 9.68. The molecule has 2 nitrogen and oxygen atoms in total. The first kappa shape index (κ1) is 11.3. The van der Waals surface area contributed by atoms with Gasteiger partial charge in [-0.15, -0.1) is 0 Å². The molecule has 76 valence electrons. The van der Waals surface area contributed by atoms with Gasteiger partial charge in [0.2, 0.25) is 0 Å². The minimum atomic E-state index is -0.0637. The summed E-state index contributed by atoms with van der Waals surface area (Å²) in [5.74, 6) is 0.569. The van der Waals surface area contributed by atoms with E-state index in [9.17, 15) is 4.79 Å². The van der Waals surface area contributed by atoms with Gasteiger partial charge in [0, 0.05) is 0 Å². The van der Waals surface area contributed by atoms with E-state index in [-0.39, 0.29) is 9.89 Å². The Hall–Kier alpha value is 0.200. The van der Waals surface area contributed by atoms with E-state index in [1.807, 2.05) is 6.92 Å². The van der Waals surface area contributed by atoms with Crippen LogP contribution >= 0.6 is 22.6 Å². The second kappa shape index (κ2) is 5.83. The summed E-state index contributed by atoms with van der Waals surface area (Å²) in [7, 11) is 0. The summed E-state index contributed by atoms with van der Waals surface area (Å²) in [6.45, 7) is 2.51. The molecule has 0 aromatic carbocycles. The number of esters is 1. The van der Waals surface area contributed by atoms with Gasteiger partial charge in [0.25, 0.3) is 0 Å². The van der Waals surface area contributed by atoms with Crippen molar-refractivity contribution < 1.29 is 9.53 Å². The maximum atomic E-state index is 11.2. The minimum Gasteiger partial charge on any atom is -0.465 e. The van der Waals surface area contributed by atoms with Crippen molar-refractivity contribution in [2.45, 2.75) is 43.0 Å². The molecule has 0 aromatic heterocycles. The van der Waals surface area contributed by atoms with Crippen molar-refractivity contribution >= 4 is 28.6 Å². The van der Waals surface area contributed by atoms with Crippen LogP contribution in [0.4, 0.5) is 0 Å². The lowest BCUT2D eigenvalue weighted by Gasteiger charge is -2.21. The van der Waals surface area contributed by atoms with Gasteiger partial charge in [-0.3, -0.25) is 4.79 Å². The van der Waals surface area contributed by atoms with Crippen LogP contribution in [-0.4, -0.2) is 16.5 Å². The molecule has 0 radical (unpaired) electrons. The molecule has 13 heavy (non-hydrogen) atoms. The van der Waals surface area contributed by atoms with Crippen molar-refractivity contribution in [3.8, 4) is 0 Å². The highest BCUT2D eigenvalue weighted by Crippen LogP contribution is 2.23. The molecule has 0 unspecified atom stereocenters. The third-order valence-electron chi connectivity index (χ3n) is 2.51. The van der Waals surface area contributed by atoms with Crippen LogP contribution in [0.5, 0.6) is 0 Å². The number of alkyl halides is 1. The predicted octanol–water partition coefficient (Wildman–Crippen LogP) is 2.93. The van der Waals surface area contributed by atoms with E-state index < -0.39 is 0 Å². The molecule has 1 atom stereocenters. The zero-order valence-corrected chi connectivity index (χ0v) is 10.2. The van der Waals surface area contributed by atoms with Gasteiger partial charge < -0.3 is 4.74 Å². The topological polar surface area (TPSA) is 26.3 Å². The molecule has 1 fully saturated rings. The van der Waals surface area contributed by atoms with Crippen molar-refractivity contribution in [2.24, 2.45) is 5.92 Å². The summed E-state index contributed by atoms with van der Waals surface area (Å²) < 4.78 is 5.18. The summed E-state index contributed by atoms with van der Waals surface area (Å²) in [6.07, 6.45) is 6.45. The van der Waals surface area contributed by atoms with Crippen molar-refractivity contribution in [2.75, 3.05) is 6.61 Å². The van der Waals surface area contributed by atoms with Crippen molar-refractivity contribution in [3.63, 3.8) is 0 Å². The van der Waals surface area contributed by atoms with Crippen molar-refractivity contribution in [1.82, 2.24) is 0 Å². The Balaban J connectivity index is 2.13. The molecule has 0 spiro atoms. The van der Waals surface area contributed by atoms with Crippen LogP contribution in [0, 0.1) is 5.92 Å². The normalized spacial score (nSPS) is 21.1. The van der Waals surface area contributed by atoms with E-state index in [1.54, 1.807) is 0 Å². The van der Waals surface area contributed by atoms with E-state index in [2.05, 4.69) is 22.6 Å².